The van der Waals surface area contributed by atoms with Crippen molar-refractivity contribution in [2.75, 3.05) is 12.4 Å². The van der Waals surface area contributed by atoms with Crippen LogP contribution in [0.15, 0.2) is 30.9 Å². The number of rotatable bonds is 9. The van der Waals surface area contributed by atoms with E-state index in [2.05, 4.69) is 63.2 Å². The van der Waals surface area contributed by atoms with Crippen LogP contribution in [0.25, 0.3) is 0 Å². The first-order valence-electron chi connectivity index (χ1n) is 9.63. The zero-order valence-electron chi connectivity index (χ0n) is 17.2. The Balaban J connectivity index is 2.07. The Morgan fingerprint density at radius 3 is 2.42 bits per heavy atom. The highest BCUT2D eigenvalue weighted by Gasteiger charge is 2.18. The molecule has 2 aromatic rings. The molecule has 0 aliphatic rings. The van der Waals surface area contributed by atoms with E-state index in [-0.39, 0.29) is 5.41 Å². The Hall–Kier alpha value is -1.42. The number of nitrogens with zero attached hydrogens (tertiary/aromatic N) is 2. The summed E-state index contributed by atoms with van der Waals surface area (Å²) in [5.41, 5.74) is 3.99. The van der Waals surface area contributed by atoms with E-state index in [9.17, 15) is 0 Å². The summed E-state index contributed by atoms with van der Waals surface area (Å²) < 4.78 is 8.47. The van der Waals surface area contributed by atoms with Gasteiger partial charge in [-0.1, -0.05) is 46.2 Å². The summed E-state index contributed by atoms with van der Waals surface area (Å²) in [5.74, 6) is 2.23. The number of imidazole rings is 1. The number of benzene rings is 1. The van der Waals surface area contributed by atoms with Crippen molar-refractivity contribution in [2.24, 2.45) is 0 Å². The van der Waals surface area contributed by atoms with Crippen molar-refractivity contribution in [1.29, 1.82) is 0 Å². The highest BCUT2D eigenvalue weighted by atomic mass is 32.2. The summed E-state index contributed by atoms with van der Waals surface area (Å²) in [6.07, 6.45) is 8.25. The van der Waals surface area contributed by atoms with Gasteiger partial charge in [0.1, 0.15) is 12.4 Å². The molecule has 0 aliphatic carbocycles. The molecule has 1 aromatic heterocycles. The average Bonchev–Trinajstić information content (AvgIpc) is 3.06. The predicted octanol–water partition coefficient (Wildman–Crippen LogP) is 5.78. The van der Waals surface area contributed by atoms with E-state index in [1.807, 2.05) is 30.5 Å². The van der Waals surface area contributed by atoms with Crippen molar-refractivity contribution >= 4 is 11.8 Å². The molecule has 1 unspecified atom stereocenters. The summed E-state index contributed by atoms with van der Waals surface area (Å²) in [4.78, 5) is 4.16. The molecule has 2 rings (SSSR count). The molecule has 26 heavy (non-hydrogen) atoms. The smallest absolute Gasteiger partial charge is 0.125 e. The van der Waals surface area contributed by atoms with Crippen LogP contribution in [0, 0.1) is 13.8 Å². The molecule has 144 valence electrons. The largest absolute Gasteiger partial charge is 0.492 e. The number of hydrogen-bond donors (Lipinski definition) is 0. The number of ether oxygens (including phenoxy) is 1. The van der Waals surface area contributed by atoms with Crippen LogP contribution in [0.2, 0.25) is 0 Å². The topological polar surface area (TPSA) is 27.1 Å². The van der Waals surface area contributed by atoms with E-state index in [0.717, 1.165) is 18.9 Å². The van der Waals surface area contributed by atoms with Gasteiger partial charge in [0.15, 0.2) is 0 Å². The van der Waals surface area contributed by atoms with E-state index in [4.69, 9.17) is 4.74 Å². The van der Waals surface area contributed by atoms with Gasteiger partial charge in [-0.3, -0.25) is 0 Å². The fourth-order valence-electron chi connectivity index (χ4n) is 2.96. The lowest BCUT2D eigenvalue weighted by atomic mass is 9.85. The van der Waals surface area contributed by atoms with E-state index < -0.39 is 0 Å². The third-order valence-electron chi connectivity index (χ3n) is 4.57. The lowest BCUT2D eigenvalue weighted by molar-refractivity contribution is 0.303. The van der Waals surface area contributed by atoms with Gasteiger partial charge in [0.25, 0.3) is 0 Å². The zero-order chi connectivity index (χ0) is 19.2. The Morgan fingerprint density at radius 1 is 1.19 bits per heavy atom. The van der Waals surface area contributed by atoms with Gasteiger partial charge in [0, 0.05) is 18.9 Å². The predicted molar refractivity (Wildman–Crippen MR) is 113 cm³/mol. The SMILES string of the molecule is CCCCSC(COc1c(C)cc(C(C)(C)C)cc1C)Cn1ccnc1. The molecule has 1 heterocycles. The third-order valence-corrected chi connectivity index (χ3v) is 5.85. The van der Waals surface area contributed by atoms with Gasteiger partial charge in [-0.25, -0.2) is 4.98 Å². The van der Waals surface area contributed by atoms with Gasteiger partial charge in [0.2, 0.25) is 0 Å². The molecule has 1 aromatic carbocycles. The first kappa shape index (κ1) is 20.9. The third kappa shape index (κ3) is 6.08. The Labute approximate surface area is 163 Å². The molecule has 0 bridgehead atoms. The number of hydrogen-bond acceptors (Lipinski definition) is 3. The number of unbranched alkanes of at least 4 members (excludes halogenated alkanes) is 1. The van der Waals surface area contributed by atoms with Crippen LogP contribution in [-0.2, 0) is 12.0 Å². The van der Waals surface area contributed by atoms with Gasteiger partial charge >= 0.3 is 0 Å². The van der Waals surface area contributed by atoms with Crippen molar-refractivity contribution in [3.05, 3.63) is 47.5 Å². The number of aromatic nitrogens is 2. The molecule has 0 N–H and O–H groups in total. The first-order chi connectivity index (χ1) is 12.3. The molecule has 0 spiro atoms. The van der Waals surface area contributed by atoms with Gasteiger partial charge in [0.05, 0.1) is 11.6 Å². The maximum absolute atomic E-state index is 6.32. The minimum Gasteiger partial charge on any atom is -0.492 e. The molecule has 0 aliphatic heterocycles. The maximum Gasteiger partial charge on any atom is 0.125 e. The van der Waals surface area contributed by atoms with Crippen LogP contribution in [0.5, 0.6) is 5.75 Å². The minimum absolute atomic E-state index is 0.161. The van der Waals surface area contributed by atoms with Crippen molar-refractivity contribution in [3.63, 3.8) is 0 Å². The van der Waals surface area contributed by atoms with Crippen LogP contribution in [-0.4, -0.2) is 27.2 Å². The molecule has 0 amide bonds. The molecule has 1 atom stereocenters. The Morgan fingerprint density at radius 2 is 1.88 bits per heavy atom. The van der Waals surface area contributed by atoms with Crippen molar-refractivity contribution in [2.45, 2.75) is 71.6 Å². The fraction of sp³-hybridized carbons (Fsp3) is 0.591. The summed E-state index contributed by atoms with van der Waals surface area (Å²) in [6, 6.07) is 4.55. The Bertz CT molecular complexity index is 651. The molecular formula is C22H34N2OS. The van der Waals surface area contributed by atoms with Gasteiger partial charge in [-0.05, 0) is 48.1 Å². The van der Waals surface area contributed by atoms with Crippen LogP contribution in [0.3, 0.4) is 0 Å². The number of aryl methyl sites for hydroxylation is 2. The van der Waals surface area contributed by atoms with Crippen LogP contribution in [0.1, 0.15) is 57.2 Å². The molecule has 0 saturated carbocycles. The van der Waals surface area contributed by atoms with Crippen molar-refractivity contribution in [3.8, 4) is 5.75 Å². The molecule has 0 saturated heterocycles. The van der Waals surface area contributed by atoms with E-state index in [1.54, 1.807) is 0 Å². The zero-order valence-corrected chi connectivity index (χ0v) is 18.0. The van der Waals surface area contributed by atoms with E-state index in [0.29, 0.717) is 5.25 Å². The van der Waals surface area contributed by atoms with E-state index in [1.165, 1.54) is 35.3 Å². The highest BCUT2D eigenvalue weighted by Crippen LogP contribution is 2.31. The van der Waals surface area contributed by atoms with Gasteiger partial charge < -0.3 is 9.30 Å². The molecule has 0 fully saturated rings. The molecule has 4 heteroatoms. The normalized spacial score (nSPS) is 13.0. The molecule has 3 nitrogen and oxygen atoms in total. The summed E-state index contributed by atoms with van der Waals surface area (Å²) in [5, 5.41) is 0.428. The second-order valence-corrected chi connectivity index (χ2v) is 9.51. The lowest BCUT2D eigenvalue weighted by Gasteiger charge is -2.24. The van der Waals surface area contributed by atoms with E-state index >= 15 is 0 Å². The lowest BCUT2D eigenvalue weighted by Crippen LogP contribution is -2.22. The number of thioether (sulfide) groups is 1. The quantitative estimate of drug-likeness (QED) is 0.521. The van der Waals surface area contributed by atoms with Gasteiger partial charge in [-0.15, -0.1) is 0 Å². The van der Waals surface area contributed by atoms with Crippen LogP contribution >= 0.6 is 11.8 Å². The fourth-order valence-corrected chi connectivity index (χ4v) is 4.20. The summed E-state index contributed by atoms with van der Waals surface area (Å²) in [7, 11) is 0. The summed E-state index contributed by atoms with van der Waals surface area (Å²) in [6.45, 7) is 15.0. The second kappa shape index (κ2) is 9.50. The van der Waals surface area contributed by atoms with Crippen LogP contribution < -0.4 is 4.74 Å². The van der Waals surface area contributed by atoms with Crippen molar-refractivity contribution < 1.29 is 4.74 Å². The monoisotopic (exact) mass is 374 g/mol. The first-order valence-corrected chi connectivity index (χ1v) is 10.7. The maximum atomic E-state index is 6.32. The summed E-state index contributed by atoms with van der Waals surface area (Å²) >= 11 is 2.01. The van der Waals surface area contributed by atoms with Crippen LogP contribution in [0.4, 0.5) is 0 Å². The van der Waals surface area contributed by atoms with Crippen molar-refractivity contribution in [1.82, 2.24) is 9.55 Å². The minimum atomic E-state index is 0.161. The second-order valence-electron chi connectivity index (χ2n) is 8.11. The van der Waals surface area contributed by atoms with Gasteiger partial charge in [-0.2, -0.15) is 11.8 Å². The Kier molecular flexibility index (Phi) is 7.63. The molecular weight excluding hydrogens is 340 g/mol. The standard InChI is InChI=1S/C22H34N2OS/c1-7-8-11-26-20(14-24-10-9-23-16-24)15-25-21-17(2)12-19(13-18(21)3)22(4,5)6/h9-10,12-13,16,20H,7-8,11,14-15H2,1-6H3. The average molecular weight is 375 g/mol. The highest BCUT2D eigenvalue weighted by molar-refractivity contribution is 7.99. The molecule has 0 radical (unpaired) electrons.